The van der Waals surface area contributed by atoms with Crippen LogP contribution in [0.3, 0.4) is 0 Å². The zero-order valence-electron chi connectivity index (χ0n) is 5.04. The zero-order valence-corrected chi connectivity index (χ0v) is 7.68. The molecular formula is C7H4AsClO. The Balaban J connectivity index is 3.21. The van der Waals surface area contributed by atoms with Gasteiger partial charge in [-0.15, -0.1) is 0 Å². The second-order valence-electron chi connectivity index (χ2n) is 1.82. The Labute approximate surface area is 72.9 Å². The van der Waals surface area contributed by atoms with Crippen LogP contribution in [-0.4, -0.2) is 23.1 Å². The summed E-state index contributed by atoms with van der Waals surface area (Å²) in [6.07, 6.45) is 0.791. The summed E-state index contributed by atoms with van der Waals surface area (Å²) in [5.74, 6) is 0. The SMILES string of the molecule is O=Cc1cc(Cl)ccc1[As]. The Morgan fingerprint density at radius 3 is 2.70 bits per heavy atom. The summed E-state index contributed by atoms with van der Waals surface area (Å²) in [5.41, 5.74) is 0.632. The van der Waals surface area contributed by atoms with E-state index >= 15 is 0 Å². The second-order valence-corrected chi connectivity index (χ2v) is 3.27. The molecule has 10 heavy (non-hydrogen) atoms. The van der Waals surface area contributed by atoms with Gasteiger partial charge in [-0.25, -0.2) is 0 Å². The van der Waals surface area contributed by atoms with E-state index in [-0.39, 0.29) is 0 Å². The van der Waals surface area contributed by atoms with Crippen LogP contribution in [0.15, 0.2) is 18.2 Å². The molecule has 0 aromatic heterocycles. The Bertz CT molecular complexity index is 260. The fourth-order valence-electron chi connectivity index (χ4n) is 0.620. The molecule has 0 bridgehead atoms. The van der Waals surface area contributed by atoms with Gasteiger partial charge in [0.15, 0.2) is 0 Å². The van der Waals surface area contributed by atoms with Gasteiger partial charge >= 0.3 is 72.7 Å². The zero-order chi connectivity index (χ0) is 7.56. The Hall–Kier alpha value is -0.262. The number of carbonyl (C=O) groups is 1. The number of benzene rings is 1. The van der Waals surface area contributed by atoms with Crippen molar-refractivity contribution < 1.29 is 4.79 Å². The van der Waals surface area contributed by atoms with Crippen molar-refractivity contribution in [1.29, 1.82) is 0 Å². The maximum absolute atomic E-state index is 10.3. The third kappa shape index (κ3) is 1.62. The molecule has 2 radical (unpaired) electrons. The number of hydrogen-bond acceptors (Lipinski definition) is 1. The number of hydrogen-bond donors (Lipinski definition) is 0. The fraction of sp³-hybridized carbons (Fsp3) is 0. The van der Waals surface area contributed by atoms with E-state index in [1.54, 1.807) is 18.2 Å². The van der Waals surface area contributed by atoms with E-state index in [4.69, 9.17) is 11.6 Å². The van der Waals surface area contributed by atoms with Gasteiger partial charge in [0.25, 0.3) is 0 Å². The molecule has 0 unspecified atom stereocenters. The quantitative estimate of drug-likeness (QED) is 0.502. The van der Waals surface area contributed by atoms with Gasteiger partial charge in [0.05, 0.1) is 0 Å². The van der Waals surface area contributed by atoms with E-state index in [0.29, 0.717) is 10.6 Å². The standard InChI is InChI=1S/C7H4AsClO/c8-7-2-1-6(9)3-5(7)4-10/h1-4H. The molecule has 0 N–H and O–H groups in total. The summed E-state index contributed by atoms with van der Waals surface area (Å²) in [4.78, 5) is 10.3. The average molecular weight is 214 g/mol. The van der Waals surface area contributed by atoms with Gasteiger partial charge in [-0.1, -0.05) is 0 Å². The van der Waals surface area contributed by atoms with Gasteiger partial charge in [0, 0.05) is 0 Å². The molecule has 0 aliphatic heterocycles. The summed E-state index contributed by atoms with van der Waals surface area (Å²) in [7, 11) is 0. The molecule has 0 heterocycles. The van der Waals surface area contributed by atoms with Crippen molar-refractivity contribution >= 4 is 39.1 Å². The molecule has 0 amide bonds. The normalized spacial score (nSPS) is 9.40. The van der Waals surface area contributed by atoms with Crippen LogP contribution in [-0.2, 0) is 0 Å². The molecule has 3 heteroatoms. The van der Waals surface area contributed by atoms with E-state index in [1.165, 1.54) is 0 Å². The minimum atomic E-state index is 0.594. The van der Waals surface area contributed by atoms with Crippen molar-refractivity contribution in [2.24, 2.45) is 0 Å². The van der Waals surface area contributed by atoms with Crippen LogP contribution in [0.25, 0.3) is 0 Å². The second kappa shape index (κ2) is 3.22. The monoisotopic (exact) mass is 214 g/mol. The number of halogens is 1. The molecule has 0 aliphatic carbocycles. The number of carbonyl (C=O) groups excluding carboxylic acids is 1. The van der Waals surface area contributed by atoms with Gasteiger partial charge in [-0.2, -0.15) is 0 Å². The van der Waals surface area contributed by atoms with Gasteiger partial charge in [-0.05, 0) is 0 Å². The van der Waals surface area contributed by atoms with Crippen LogP contribution >= 0.6 is 11.6 Å². The van der Waals surface area contributed by atoms with Gasteiger partial charge in [0.1, 0.15) is 0 Å². The van der Waals surface area contributed by atoms with Gasteiger partial charge < -0.3 is 0 Å². The molecule has 0 aliphatic rings. The Morgan fingerprint density at radius 1 is 1.50 bits per heavy atom. The molecule has 1 aromatic rings. The first-order chi connectivity index (χ1) is 4.74. The molecule has 1 aromatic carbocycles. The summed E-state index contributed by atoms with van der Waals surface area (Å²) in [6, 6.07) is 5.19. The topological polar surface area (TPSA) is 17.1 Å². The molecule has 0 fully saturated rings. The van der Waals surface area contributed by atoms with Crippen LogP contribution in [0.4, 0.5) is 0 Å². The molecule has 0 atom stereocenters. The van der Waals surface area contributed by atoms with E-state index in [9.17, 15) is 4.79 Å². The van der Waals surface area contributed by atoms with Gasteiger partial charge in [-0.3, -0.25) is 0 Å². The van der Waals surface area contributed by atoms with Crippen LogP contribution in [0.5, 0.6) is 0 Å². The third-order valence-electron chi connectivity index (χ3n) is 1.12. The maximum atomic E-state index is 10.3. The Kier molecular flexibility index (Phi) is 2.53. The first-order valence-electron chi connectivity index (χ1n) is 2.68. The molecule has 1 nitrogen and oxygen atoms in total. The molecule has 0 saturated carbocycles. The first-order valence-corrected chi connectivity index (χ1v) is 3.99. The van der Waals surface area contributed by atoms with Crippen LogP contribution in [0.2, 0.25) is 5.02 Å². The van der Waals surface area contributed by atoms with Crippen LogP contribution < -0.4 is 4.35 Å². The van der Waals surface area contributed by atoms with E-state index in [1.807, 2.05) is 0 Å². The van der Waals surface area contributed by atoms with Crippen molar-refractivity contribution in [2.75, 3.05) is 0 Å². The van der Waals surface area contributed by atoms with E-state index in [0.717, 1.165) is 10.6 Å². The summed E-state index contributed by atoms with van der Waals surface area (Å²) in [6.45, 7) is 0. The fourth-order valence-corrected chi connectivity index (χ4v) is 1.20. The number of rotatable bonds is 1. The van der Waals surface area contributed by atoms with E-state index < -0.39 is 0 Å². The van der Waals surface area contributed by atoms with Crippen molar-refractivity contribution in [2.45, 2.75) is 0 Å². The summed E-state index contributed by atoms with van der Waals surface area (Å²) >= 11 is 7.95. The van der Waals surface area contributed by atoms with E-state index in [2.05, 4.69) is 16.9 Å². The number of aldehydes is 1. The predicted molar refractivity (Wildman–Crippen MR) is 42.2 cm³/mol. The van der Waals surface area contributed by atoms with Crippen molar-refractivity contribution in [3.8, 4) is 0 Å². The molecule has 1 rings (SSSR count). The summed E-state index contributed by atoms with van der Waals surface area (Å²) in [5, 5.41) is 0.594. The van der Waals surface area contributed by atoms with Gasteiger partial charge in [0.2, 0.25) is 0 Å². The van der Waals surface area contributed by atoms with Crippen molar-refractivity contribution in [3.63, 3.8) is 0 Å². The molecule has 50 valence electrons. The van der Waals surface area contributed by atoms with Crippen molar-refractivity contribution in [3.05, 3.63) is 28.8 Å². The minimum absolute atomic E-state index is 0.594. The molecule has 0 spiro atoms. The first kappa shape index (κ1) is 7.84. The third-order valence-corrected chi connectivity index (χ3v) is 2.21. The predicted octanol–water partition coefficient (Wildman–Crippen LogP) is 0.946. The summed E-state index contributed by atoms with van der Waals surface area (Å²) < 4.78 is 0.895. The van der Waals surface area contributed by atoms with Crippen molar-refractivity contribution in [1.82, 2.24) is 0 Å². The van der Waals surface area contributed by atoms with Crippen LogP contribution in [0, 0.1) is 0 Å². The van der Waals surface area contributed by atoms with Crippen LogP contribution in [0.1, 0.15) is 10.4 Å². The molecule has 0 saturated heterocycles. The average Bonchev–Trinajstić information content (AvgIpc) is 1.94. The molecular weight excluding hydrogens is 210 g/mol. The Morgan fingerprint density at radius 2 is 2.20 bits per heavy atom.